The molecule has 0 heterocycles. The molecule has 0 radical (unpaired) electrons. The molecule has 0 unspecified atom stereocenters. The molecule has 3 N–H and O–H groups in total. The molecule has 0 aromatic heterocycles. The number of hydrogen-bond acceptors (Lipinski definition) is 4. The Morgan fingerprint density at radius 3 is 2.04 bits per heavy atom. The van der Waals surface area contributed by atoms with Crippen LogP contribution in [0.1, 0.15) is 6.92 Å². The number of carbonyl (C=O) groups excluding carboxylic acids is 2. The predicted octanol–water partition coefficient (Wildman–Crippen LogP) is 3.38. The molecule has 132 valence electrons. The quantitative estimate of drug-likeness (QED) is 0.565. The summed E-state index contributed by atoms with van der Waals surface area (Å²) < 4.78 is 27.1. The van der Waals surface area contributed by atoms with Gasteiger partial charge in [0.2, 0.25) is 5.91 Å². The van der Waals surface area contributed by atoms with Crippen molar-refractivity contribution in [3.8, 4) is 6.07 Å². The molecule has 2 aromatic carbocycles. The van der Waals surface area contributed by atoms with Crippen LogP contribution in [0.15, 0.2) is 54.2 Å². The minimum absolute atomic E-state index is 0.233. The molecule has 0 saturated heterocycles. The first kappa shape index (κ1) is 18.6. The van der Waals surface area contributed by atoms with Crippen molar-refractivity contribution in [1.29, 1.82) is 5.26 Å². The van der Waals surface area contributed by atoms with E-state index in [1.54, 1.807) is 18.2 Å². The largest absolute Gasteiger partial charge is 0.355 e. The number of para-hydroxylation sites is 1. The zero-order valence-electron chi connectivity index (χ0n) is 13.6. The second-order valence-corrected chi connectivity index (χ2v) is 5.12. The smallest absolute Gasteiger partial charge is 0.267 e. The summed E-state index contributed by atoms with van der Waals surface area (Å²) >= 11 is 0. The van der Waals surface area contributed by atoms with Gasteiger partial charge in [0.15, 0.2) is 0 Å². The van der Waals surface area contributed by atoms with E-state index in [1.807, 2.05) is 0 Å². The van der Waals surface area contributed by atoms with Gasteiger partial charge in [0.1, 0.15) is 29.0 Å². The molecular formula is C18H14F2N4O2. The maximum atomic E-state index is 13.5. The van der Waals surface area contributed by atoms with Crippen LogP contribution in [0.2, 0.25) is 0 Å². The van der Waals surface area contributed by atoms with Crippen molar-refractivity contribution < 1.29 is 18.4 Å². The lowest BCUT2D eigenvalue weighted by molar-refractivity contribution is -0.114. The Kier molecular flexibility index (Phi) is 6.01. The number of benzene rings is 2. The lowest BCUT2D eigenvalue weighted by atomic mass is 10.2. The van der Waals surface area contributed by atoms with Crippen LogP contribution in [0.3, 0.4) is 0 Å². The fourth-order valence-corrected chi connectivity index (χ4v) is 1.97. The molecule has 8 heteroatoms. The highest BCUT2D eigenvalue weighted by Gasteiger charge is 2.11. The molecule has 26 heavy (non-hydrogen) atoms. The second kappa shape index (κ2) is 8.39. The van der Waals surface area contributed by atoms with Gasteiger partial charge < -0.3 is 16.0 Å². The predicted molar refractivity (Wildman–Crippen MR) is 93.1 cm³/mol. The third-order valence-corrected chi connectivity index (χ3v) is 3.15. The number of nitrogens with zero attached hydrogens (tertiary/aromatic N) is 1. The summed E-state index contributed by atoms with van der Waals surface area (Å²) in [6.07, 6.45) is 0.919. The number of rotatable bonds is 5. The van der Waals surface area contributed by atoms with Crippen LogP contribution in [-0.4, -0.2) is 11.8 Å². The van der Waals surface area contributed by atoms with Crippen LogP contribution in [0.4, 0.5) is 25.8 Å². The van der Waals surface area contributed by atoms with E-state index >= 15 is 0 Å². The van der Waals surface area contributed by atoms with Crippen LogP contribution in [0.25, 0.3) is 0 Å². The van der Waals surface area contributed by atoms with Crippen LogP contribution in [0, 0.1) is 23.0 Å². The van der Waals surface area contributed by atoms with Crippen molar-refractivity contribution in [2.24, 2.45) is 0 Å². The van der Waals surface area contributed by atoms with E-state index < -0.39 is 23.2 Å². The van der Waals surface area contributed by atoms with Crippen LogP contribution in [0.5, 0.6) is 0 Å². The molecule has 2 aromatic rings. The van der Waals surface area contributed by atoms with Gasteiger partial charge in [0, 0.05) is 24.5 Å². The average Bonchev–Trinajstić information content (AvgIpc) is 2.59. The van der Waals surface area contributed by atoms with E-state index in [0.29, 0.717) is 11.4 Å². The minimum Gasteiger partial charge on any atom is -0.355 e. The van der Waals surface area contributed by atoms with E-state index in [2.05, 4.69) is 16.0 Å². The fraction of sp³-hybridized carbons (Fsp3) is 0.0556. The molecular weight excluding hydrogens is 342 g/mol. The number of amides is 2. The Balaban J connectivity index is 2.09. The van der Waals surface area contributed by atoms with Crippen molar-refractivity contribution >= 4 is 28.9 Å². The summed E-state index contributed by atoms with van der Waals surface area (Å²) in [7, 11) is 0. The maximum absolute atomic E-state index is 13.5. The van der Waals surface area contributed by atoms with Gasteiger partial charge in [0.25, 0.3) is 5.91 Å². The van der Waals surface area contributed by atoms with Gasteiger partial charge in [-0.25, -0.2) is 8.78 Å². The number of halogens is 2. The first-order valence-corrected chi connectivity index (χ1v) is 7.40. The van der Waals surface area contributed by atoms with Gasteiger partial charge in [-0.2, -0.15) is 5.26 Å². The normalized spacial score (nSPS) is 10.6. The van der Waals surface area contributed by atoms with Gasteiger partial charge in [-0.15, -0.1) is 0 Å². The molecule has 0 aliphatic rings. The summed E-state index contributed by atoms with van der Waals surface area (Å²) in [6, 6.07) is 11.1. The van der Waals surface area contributed by atoms with Gasteiger partial charge in [-0.1, -0.05) is 6.07 Å². The summed E-state index contributed by atoms with van der Waals surface area (Å²) in [5.74, 6) is -2.70. The number of hydrogen-bond donors (Lipinski definition) is 3. The highest BCUT2D eigenvalue weighted by Crippen LogP contribution is 2.19. The van der Waals surface area contributed by atoms with E-state index in [-0.39, 0.29) is 11.5 Å². The Labute approximate surface area is 148 Å². The van der Waals surface area contributed by atoms with Gasteiger partial charge in [0.05, 0.1) is 0 Å². The van der Waals surface area contributed by atoms with Crippen molar-refractivity contribution in [2.45, 2.75) is 6.92 Å². The summed E-state index contributed by atoms with van der Waals surface area (Å²) in [4.78, 5) is 23.1. The van der Waals surface area contributed by atoms with Gasteiger partial charge >= 0.3 is 0 Å². The first-order valence-electron chi connectivity index (χ1n) is 7.40. The molecule has 2 rings (SSSR count). The minimum atomic E-state index is -0.854. The highest BCUT2D eigenvalue weighted by molar-refractivity contribution is 6.06. The van der Waals surface area contributed by atoms with E-state index in [0.717, 1.165) is 18.3 Å². The van der Waals surface area contributed by atoms with Crippen LogP contribution < -0.4 is 16.0 Å². The molecule has 2 amide bonds. The third-order valence-electron chi connectivity index (χ3n) is 3.15. The summed E-state index contributed by atoms with van der Waals surface area (Å²) in [5, 5.41) is 16.4. The second-order valence-electron chi connectivity index (χ2n) is 5.12. The topological polar surface area (TPSA) is 94.0 Å². The third kappa shape index (κ3) is 4.88. The van der Waals surface area contributed by atoms with Gasteiger partial charge in [-0.05, 0) is 36.4 Å². The van der Waals surface area contributed by atoms with E-state index in [9.17, 15) is 18.4 Å². The first-order chi connectivity index (χ1) is 12.4. The molecule has 0 saturated carbocycles. The molecule has 0 aliphatic carbocycles. The number of nitrogens with one attached hydrogen (secondary N) is 3. The Morgan fingerprint density at radius 2 is 1.54 bits per heavy atom. The fourth-order valence-electron chi connectivity index (χ4n) is 1.97. The van der Waals surface area contributed by atoms with Crippen molar-refractivity contribution in [1.82, 2.24) is 0 Å². The molecule has 0 atom stereocenters. The molecule has 0 aliphatic heterocycles. The summed E-state index contributed by atoms with van der Waals surface area (Å²) in [5.41, 5.74) is 0.0804. The highest BCUT2D eigenvalue weighted by atomic mass is 19.1. The Morgan fingerprint density at radius 1 is 1.00 bits per heavy atom. The SMILES string of the molecule is CC(=O)Nc1ccc(NC(=O)/C(C#N)=C\Nc2c(F)cccc2F)cc1. The van der Waals surface area contributed by atoms with E-state index in [1.165, 1.54) is 25.1 Å². The number of nitriles is 1. The lowest BCUT2D eigenvalue weighted by Crippen LogP contribution is -2.15. The zero-order chi connectivity index (χ0) is 19.1. The standard InChI is InChI=1S/C18H14F2N4O2/c1-11(25)23-13-5-7-14(8-6-13)24-18(26)12(9-21)10-22-17-15(19)3-2-4-16(17)20/h2-8,10,22H,1H3,(H,23,25)(H,24,26)/b12-10-. The van der Waals surface area contributed by atoms with Crippen molar-refractivity contribution in [3.63, 3.8) is 0 Å². The zero-order valence-corrected chi connectivity index (χ0v) is 13.6. The molecule has 6 nitrogen and oxygen atoms in total. The lowest BCUT2D eigenvalue weighted by Gasteiger charge is -2.07. The summed E-state index contributed by atoms with van der Waals surface area (Å²) in [6.45, 7) is 1.37. The maximum Gasteiger partial charge on any atom is 0.267 e. The van der Waals surface area contributed by atoms with Crippen LogP contribution >= 0.6 is 0 Å². The Bertz CT molecular complexity index is 882. The molecule has 0 bridgehead atoms. The molecule has 0 spiro atoms. The van der Waals surface area contributed by atoms with Crippen molar-refractivity contribution in [2.75, 3.05) is 16.0 Å². The van der Waals surface area contributed by atoms with Crippen LogP contribution in [-0.2, 0) is 9.59 Å². The monoisotopic (exact) mass is 356 g/mol. The van der Waals surface area contributed by atoms with Crippen molar-refractivity contribution in [3.05, 3.63) is 65.9 Å². The average molecular weight is 356 g/mol. The number of anilines is 3. The van der Waals surface area contributed by atoms with E-state index in [4.69, 9.17) is 5.26 Å². The number of carbonyl (C=O) groups is 2. The Hall–Kier alpha value is -3.73. The molecule has 0 fully saturated rings. The van der Waals surface area contributed by atoms with Gasteiger partial charge in [-0.3, -0.25) is 9.59 Å².